The van der Waals surface area contributed by atoms with Gasteiger partial charge >= 0.3 is 0 Å². The Morgan fingerprint density at radius 1 is 1.50 bits per heavy atom. The third kappa shape index (κ3) is 3.91. The minimum atomic E-state index is -0.174. The molecule has 0 rings (SSSR count). The van der Waals surface area contributed by atoms with Gasteiger partial charge in [-0.1, -0.05) is 5.92 Å². The second-order valence-electron chi connectivity index (χ2n) is 2.59. The molecule has 0 bridgehead atoms. The average molecular weight is 135 g/mol. The normalized spacial score (nSPS) is 12.6. The second kappa shape index (κ2) is 3.90. The largest absolute Gasteiger partial charge is 0.270 e. The topological polar surface area (TPSA) is 12.4 Å². The maximum absolute atomic E-state index is 5.24. The third-order valence-corrected chi connectivity index (χ3v) is 1.10. The zero-order valence-electron chi connectivity index (χ0n) is 6.76. The summed E-state index contributed by atoms with van der Waals surface area (Å²) in [6, 6.07) is 0. The monoisotopic (exact) mass is 135 g/mol. The van der Waals surface area contributed by atoms with Gasteiger partial charge in [0, 0.05) is 17.8 Å². The predicted octanol–water partition coefficient (Wildman–Crippen LogP) is 2.25. The van der Waals surface area contributed by atoms with Gasteiger partial charge < -0.3 is 0 Å². The smallest absolute Gasteiger partial charge is 0.0452 e. The minimum absolute atomic E-state index is 0.174. The van der Waals surface area contributed by atoms with E-state index in [4.69, 9.17) is 6.42 Å². The fourth-order valence-corrected chi connectivity index (χ4v) is 0.364. The summed E-state index contributed by atoms with van der Waals surface area (Å²) in [5.74, 6) is 2.64. The molecule has 0 aromatic heterocycles. The molecule has 54 valence electrons. The van der Waals surface area contributed by atoms with Crippen molar-refractivity contribution in [1.29, 1.82) is 0 Å². The molecule has 1 nitrogen and oxygen atoms in total. The molecule has 0 radical (unpaired) electrons. The summed E-state index contributed by atoms with van der Waals surface area (Å²) < 4.78 is 0. The number of nitrogens with zero attached hydrogens (tertiary/aromatic N) is 1. The zero-order valence-corrected chi connectivity index (χ0v) is 6.76. The van der Waals surface area contributed by atoms with Crippen LogP contribution in [0.3, 0.4) is 0 Å². The Bertz CT molecular complexity index is 179. The molecule has 0 spiro atoms. The van der Waals surface area contributed by atoms with Crippen LogP contribution < -0.4 is 0 Å². The fourth-order valence-electron chi connectivity index (χ4n) is 0.364. The molecule has 0 saturated carbocycles. The Labute approximate surface area is 62.9 Å². The first kappa shape index (κ1) is 8.97. The van der Waals surface area contributed by atoms with Crippen molar-refractivity contribution >= 4 is 6.21 Å². The van der Waals surface area contributed by atoms with Crippen LogP contribution in [0.5, 0.6) is 0 Å². The van der Waals surface area contributed by atoms with E-state index in [-0.39, 0.29) is 5.41 Å². The molecule has 0 amide bonds. The van der Waals surface area contributed by atoms with Crippen molar-refractivity contribution in [1.82, 2.24) is 0 Å². The van der Waals surface area contributed by atoms with Crippen LogP contribution in [0.25, 0.3) is 0 Å². The van der Waals surface area contributed by atoms with Crippen LogP contribution in [0, 0.1) is 17.8 Å². The van der Waals surface area contributed by atoms with E-state index in [1.54, 1.807) is 12.4 Å². The third-order valence-electron chi connectivity index (χ3n) is 1.10. The quantitative estimate of drug-likeness (QED) is 0.407. The lowest BCUT2D eigenvalue weighted by Crippen LogP contribution is -2.01. The minimum Gasteiger partial charge on any atom is -0.270 e. The molecule has 0 aromatic carbocycles. The van der Waals surface area contributed by atoms with Crippen molar-refractivity contribution in [2.45, 2.75) is 20.8 Å². The first-order valence-corrected chi connectivity index (χ1v) is 3.25. The Kier molecular flexibility index (Phi) is 3.49. The SMILES string of the molecule is C#CC(C)(C)/C=C\N=CC. The van der Waals surface area contributed by atoms with Gasteiger partial charge in [0.05, 0.1) is 0 Å². The van der Waals surface area contributed by atoms with E-state index in [9.17, 15) is 0 Å². The van der Waals surface area contributed by atoms with Gasteiger partial charge in [-0.3, -0.25) is 4.99 Å². The summed E-state index contributed by atoms with van der Waals surface area (Å²) in [4.78, 5) is 3.90. The molecule has 10 heavy (non-hydrogen) atoms. The lowest BCUT2D eigenvalue weighted by molar-refractivity contribution is 0.655. The number of aliphatic imine (C=N–C) groups is 1. The summed E-state index contributed by atoms with van der Waals surface area (Å²) in [5.41, 5.74) is -0.174. The van der Waals surface area contributed by atoms with Gasteiger partial charge in [0.25, 0.3) is 0 Å². The van der Waals surface area contributed by atoms with E-state index >= 15 is 0 Å². The van der Waals surface area contributed by atoms with Gasteiger partial charge in [0.15, 0.2) is 0 Å². The lowest BCUT2D eigenvalue weighted by Gasteiger charge is -2.08. The number of hydrogen-bond donors (Lipinski definition) is 0. The number of hydrogen-bond acceptors (Lipinski definition) is 1. The van der Waals surface area contributed by atoms with Crippen molar-refractivity contribution < 1.29 is 0 Å². The maximum Gasteiger partial charge on any atom is 0.0452 e. The Balaban J connectivity index is 4.02. The summed E-state index contributed by atoms with van der Waals surface area (Å²) in [5, 5.41) is 0. The summed E-state index contributed by atoms with van der Waals surface area (Å²) in [7, 11) is 0. The highest BCUT2D eigenvalue weighted by Crippen LogP contribution is 2.14. The van der Waals surface area contributed by atoms with Crippen molar-refractivity contribution in [3.63, 3.8) is 0 Å². The average Bonchev–Trinajstić information content (AvgIpc) is 1.89. The van der Waals surface area contributed by atoms with E-state index in [1.807, 2.05) is 26.8 Å². The summed E-state index contributed by atoms with van der Waals surface area (Å²) >= 11 is 0. The summed E-state index contributed by atoms with van der Waals surface area (Å²) in [6.45, 7) is 5.80. The fraction of sp³-hybridized carbons (Fsp3) is 0.444. The number of allylic oxidation sites excluding steroid dienone is 1. The molecule has 0 fully saturated rings. The molecule has 0 unspecified atom stereocenters. The molecule has 0 aliphatic rings. The molecule has 0 aromatic rings. The molecule has 0 heterocycles. The highest BCUT2D eigenvalue weighted by atomic mass is 14.6. The molecule has 0 aliphatic carbocycles. The first-order chi connectivity index (χ1) is 4.62. The van der Waals surface area contributed by atoms with Crippen molar-refractivity contribution in [3.8, 4) is 12.3 Å². The van der Waals surface area contributed by atoms with Gasteiger partial charge in [-0.25, -0.2) is 0 Å². The van der Waals surface area contributed by atoms with Gasteiger partial charge in [0.2, 0.25) is 0 Å². The highest BCUT2D eigenvalue weighted by molar-refractivity contribution is 5.54. The standard InChI is InChI=1S/C9H13N/c1-5-9(3,4)7-8-10-6-2/h1,6-8H,2-4H3/b8-7-,10-6?. The highest BCUT2D eigenvalue weighted by Gasteiger charge is 2.06. The lowest BCUT2D eigenvalue weighted by atomic mass is 9.95. The maximum atomic E-state index is 5.24. The van der Waals surface area contributed by atoms with Crippen LogP contribution in [0.4, 0.5) is 0 Å². The van der Waals surface area contributed by atoms with Gasteiger partial charge in [-0.05, 0) is 26.8 Å². The van der Waals surface area contributed by atoms with Crippen LogP contribution in [-0.2, 0) is 0 Å². The molecule has 0 atom stereocenters. The molecule has 0 N–H and O–H groups in total. The molecule has 0 aliphatic heterocycles. The molecule has 0 saturated heterocycles. The summed E-state index contributed by atoms with van der Waals surface area (Å²) in [6.07, 6.45) is 10.6. The zero-order chi connectivity index (χ0) is 8.04. The Morgan fingerprint density at radius 3 is 2.50 bits per heavy atom. The van der Waals surface area contributed by atoms with Crippen LogP contribution in [-0.4, -0.2) is 6.21 Å². The van der Waals surface area contributed by atoms with E-state index in [0.717, 1.165) is 0 Å². The first-order valence-electron chi connectivity index (χ1n) is 3.25. The number of rotatable bonds is 2. The van der Waals surface area contributed by atoms with E-state index in [0.29, 0.717) is 0 Å². The van der Waals surface area contributed by atoms with Crippen LogP contribution in [0.15, 0.2) is 17.3 Å². The van der Waals surface area contributed by atoms with E-state index in [1.165, 1.54) is 0 Å². The Morgan fingerprint density at radius 2 is 2.10 bits per heavy atom. The molecule has 1 heteroatoms. The van der Waals surface area contributed by atoms with Crippen molar-refractivity contribution in [2.24, 2.45) is 10.4 Å². The van der Waals surface area contributed by atoms with Gasteiger partial charge in [0.1, 0.15) is 0 Å². The van der Waals surface area contributed by atoms with Crippen LogP contribution >= 0.6 is 0 Å². The van der Waals surface area contributed by atoms with Crippen molar-refractivity contribution in [2.75, 3.05) is 0 Å². The molecular formula is C9H13N. The predicted molar refractivity (Wildman–Crippen MR) is 45.9 cm³/mol. The Hall–Kier alpha value is -1.03. The van der Waals surface area contributed by atoms with Gasteiger partial charge in [-0.2, -0.15) is 0 Å². The second-order valence-corrected chi connectivity index (χ2v) is 2.59. The van der Waals surface area contributed by atoms with Crippen LogP contribution in [0.1, 0.15) is 20.8 Å². The van der Waals surface area contributed by atoms with Crippen molar-refractivity contribution in [3.05, 3.63) is 12.3 Å². The van der Waals surface area contributed by atoms with E-state index < -0.39 is 0 Å². The number of terminal acetylenes is 1. The van der Waals surface area contributed by atoms with E-state index in [2.05, 4.69) is 10.9 Å². The molecular weight excluding hydrogens is 122 g/mol. The van der Waals surface area contributed by atoms with Crippen LogP contribution in [0.2, 0.25) is 0 Å². The van der Waals surface area contributed by atoms with Gasteiger partial charge in [-0.15, -0.1) is 6.42 Å².